The number of hydrogen-bond acceptors (Lipinski definition) is 6. The third kappa shape index (κ3) is 4.48. The van der Waals surface area contributed by atoms with Gasteiger partial charge in [0.25, 0.3) is 0 Å². The molecule has 0 atom stereocenters. The molecule has 6 nitrogen and oxygen atoms in total. The maximum absolute atomic E-state index is 12.6. The summed E-state index contributed by atoms with van der Waals surface area (Å²) in [6.45, 7) is 6.76. The second kappa shape index (κ2) is 7.83. The van der Waals surface area contributed by atoms with E-state index in [0.717, 1.165) is 30.9 Å². The summed E-state index contributed by atoms with van der Waals surface area (Å²) in [5.41, 5.74) is 5.49. The molecule has 1 aromatic rings. The van der Waals surface area contributed by atoms with Gasteiger partial charge in [0.15, 0.2) is 0 Å². The van der Waals surface area contributed by atoms with Crippen molar-refractivity contribution in [2.75, 3.05) is 25.4 Å². The first kappa shape index (κ1) is 17.8. The van der Waals surface area contributed by atoms with Gasteiger partial charge in [0.05, 0.1) is 12.3 Å². The largest absolute Gasteiger partial charge is 0.329 e. The molecule has 0 amide bonds. The van der Waals surface area contributed by atoms with E-state index < -0.39 is 10.0 Å². The molecule has 2 heterocycles. The Morgan fingerprint density at radius 1 is 1.45 bits per heavy atom. The van der Waals surface area contributed by atoms with Crippen LogP contribution in [0.1, 0.15) is 31.7 Å². The summed E-state index contributed by atoms with van der Waals surface area (Å²) in [4.78, 5) is 6.63. The summed E-state index contributed by atoms with van der Waals surface area (Å²) >= 11 is 1.50. The summed E-state index contributed by atoms with van der Waals surface area (Å²) in [5.74, 6) is 0.00275. The Labute approximate surface area is 137 Å². The predicted octanol–water partition coefficient (Wildman–Crippen LogP) is 1.11. The number of aromatic nitrogens is 1. The van der Waals surface area contributed by atoms with Crippen LogP contribution in [0.4, 0.5) is 0 Å². The molecule has 2 rings (SSSR count). The summed E-state index contributed by atoms with van der Waals surface area (Å²) in [6.07, 6.45) is 3.45. The maximum Gasteiger partial charge on any atom is 0.215 e. The van der Waals surface area contributed by atoms with Gasteiger partial charge in [-0.25, -0.2) is 13.4 Å². The number of thiazole rings is 1. The molecule has 0 saturated carbocycles. The standard InChI is InChI=1S/C14H26N4O2S2/c1-12(2)17-7-3-13(4-8-17)18(22(19,20)10-5-15)11-14-16-6-9-21-14/h6,9,12-13H,3-5,7-8,10-11,15H2,1-2H3. The second-order valence-electron chi connectivity index (χ2n) is 5.94. The molecule has 126 valence electrons. The third-order valence-electron chi connectivity index (χ3n) is 4.14. The van der Waals surface area contributed by atoms with Gasteiger partial charge in [0.2, 0.25) is 10.0 Å². The van der Waals surface area contributed by atoms with E-state index in [4.69, 9.17) is 5.73 Å². The zero-order valence-electron chi connectivity index (χ0n) is 13.3. The minimum atomic E-state index is -3.33. The van der Waals surface area contributed by atoms with E-state index >= 15 is 0 Å². The van der Waals surface area contributed by atoms with E-state index in [1.54, 1.807) is 10.5 Å². The Hall–Kier alpha value is -0.540. The number of rotatable bonds is 7. The molecule has 1 saturated heterocycles. The Bertz CT molecular complexity index is 537. The predicted molar refractivity (Wildman–Crippen MR) is 90.2 cm³/mol. The second-order valence-corrected chi connectivity index (χ2v) is 8.96. The molecule has 0 radical (unpaired) electrons. The molecule has 0 bridgehead atoms. The van der Waals surface area contributed by atoms with E-state index in [0.29, 0.717) is 12.6 Å². The number of likely N-dealkylation sites (tertiary alicyclic amines) is 1. The highest BCUT2D eigenvalue weighted by Crippen LogP contribution is 2.24. The lowest BCUT2D eigenvalue weighted by molar-refractivity contribution is 0.130. The summed E-state index contributed by atoms with van der Waals surface area (Å²) in [7, 11) is -3.33. The van der Waals surface area contributed by atoms with Crippen molar-refractivity contribution in [3.8, 4) is 0 Å². The quantitative estimate of drug-likeness (QED) is 0.800. The highest BCUT2D eigenvalue weighted by molar-refractivity contribution is 7.89. The van der Waals surface area contributed by atoms with Gasteiger partial charge in [-0.2, -0.15) is 4.31 Å². The van der Waals surface area contributed by atoms with Crippen molar-refractivity contribution in [3.05, 3.63) is 16.6 Å². The van der Waals surface area contributed by atoms with E-state index in [2.05, 4.69) is 23.7 Å². The first-order chi connectivity index (χ1) is 10.4. The average molecular weight is 347 g/mol. The van der Waals surface area contributed by atoms with Gasteiger partial charge >= 0.3 is 0 Å². The van der Waals surface area contributed by atoms with Crippen LogP contribution in [0.5, 0.6) is 0 Å². The molecule has 0 aromatic carbocycles. The van der Waals surface area contributed by atoms with Crippen LogP contribution in [0.2, 0.25) is 0 Å². The molecule has 1 aliphatic rings. The molecule has 1 fully saturated rings. The van der Waals surface area contributed by atoms with Crippen molar-refractivity contribution >= 4 is 21.4 Å². The molecule has 0 unspecified atom stereocenters. The van der Waals surface area contributed by atoms with Crippen molar-refractivity contribution in [1.82, 2.24) is 14.2 Å². The number of hydrogen-bond donors (Lipinski definition) is 1. The van der Waals surface area contributed by atoms with Crippen LogP contribution >= 0.6 is 11.3 Å². The lowest BCUT2D eigenvalue weighted by atomic mass is 10.0. The van der Waals surface area contributed by atoms with Gasteiger partial charge in [-0.15, -0.1) is 11.3 Å². The van der Waals surface area contributed by atoms with Crippen LogP contribution in [-0.4, -0.2) is 60.1 Å². The summed E-state index contributed by atoms with van der Waals surface area (Å²) < 4.78 is 26.8. The first-order valence-corrected chi connectivity index (χ1v) is 10.2. The number of sulfonamides is 1. The Kier molecular flexibility index (Phi) is 6.34. The number of piperidine rings is 1. The van der Waals surface area contributed by atoms with Gasteiger partial charge in [0, 0.05) is 30.2 Å². The zero-order chi connectivity index (χ0) is 16.2. The van der Waals surface area contributed by atoms with Crippen LogP contribution in [0, 0.1) is 0 Å². The van der Waals surface area contributed by atoms with Gasteiger partial charge < -0.3 is 10.6 Å². The minimum absolute atomic E-state index is 0.00275. The lowest BCUT2D eigenvalue weighted by Crippen LogP contribution is -2.49. The van der Waals surface area contributed by atoms with Crippen molar-refractivity contribution in [3.63, 3.8) is 0 Å². The lowest BCUT2D eigenvalue weighted by Gasteiger charge is -2.39. The van der Waals surface area contributed by atoms with E-state index in [1.807, 2.05) is 5.38 Å². The highest BCUT2D eigenvalue weighted by Gasteiger charge is 2.33. The smallest absolute Gasteiger partial charge is 0.215 e. The van der Waals surface area contributed by atoms with E-state index in [9.17, 15) is 8.42 Å². The first-order valence-electron chi connectivity index (χ1n) is 7.76. The molecular formula is C14H26N4O2S2. The van der Waals surface area contributed by atoms with Crippen molar-refractivity contribution in [2.24, 2.45) is 5.73 Å². The highest BCUT2D eigenvalue weighted by atomic mass is 32.2. The van der Waals surface area contributed by atoms with Gasteiger partial charge in [-0.1, -0.05) is 0 Å². The van der Waals surface area contributed by atoms with Crippen molar-refractivity contribution in [2.45, 2.75) is 45.3 Å². The van der Waals surface area contributed by atoms with Crippen LogP contribution in [-0.2, 0) is 16.6 Å². The normalized spacial score (nSPS) is 18.4. The Morgan fingerprint density at radius 3 is 2.64 bits per heavy atom. The molecule has 0 spiro atoms. The molecule has 8 heteroatoms. The topological polar surface area (TPSA) is 79.5 Å². The molecule has 1 aromatic heterocycles. The average Bonchev–Trinajstić information content (AvgIpc) is 2.98. The molecule has 0 aliphatic carbocycles. The van der Waals surface area contributed by atoms with Crippen LogP contribution in [0.25, 0.3) is 0 Å². The van der Waals surface area contributed by atoms with Gasteiger partial charge in [0.1, 0.15) is 5.01 Å². The van der Waals surface area contributed by atoms with E-state index in [-0.39, 0.29) is 18.3 Å². The Morgan fingerprint density at radius 2 is 2.14 bits per heavy atom. The molecular weight excluding hydrogens is 320 g/mol. The maximum atomic E-state index is 12.6. The fourth-order valence-corrected chi connectivity index (χ4v) is 5.09. The zero-order valence-corrected chi connectivity index (χ0v) is 14.9. The number of nitrogens with zero attached hydrogens (tertiary/aromatic N) is 3. The van der Waals surface area contributed by atoms with Crippen LogP contribution < -0.4 is 5.73 Å². The molecule has 22 heavy (non-hydrogen) atoms. The summed E-state index contributed by atoms with van der Waals surface area (Å²) in [6, 6.07) is 0.560. The number of nitrogens with two attached hydrogens (primary N) is 1. The van der Waals surface area contributed by atoms with Crippen LogP contribution in [0.15, 0.2) is 11.6 Å². The summed E-state index contributed by atoms with van der Waals surface area (Å²) in [5, 5.41) is 2.72. The monoisotopic (exact) mass is 346 g/mol. The van der Waals surface area contributed by atoms with Gasteiger partial charge in [-0.3, -0.25) is 0 Å². The molecule has 1 aliphatic heterocycles. The molecule has 2 N–H and O–H groups in total. The third-order valence-corrected chi connectivity index (χ3v) is 6.80. The van der Waals surface area contributed by atoms with Crippen LogP contribution in [0.3, 0.4) is 0 Å². The minimum Gasteiger partial charge on any atom is -0.329 e. The fourth-order valence-electron chi connectivity index (χ4n) is 2.88. The van der Waals surface area contributed by atoms with Crippen molar-refractivity contribution in [1.29, 1.82) is 0 Å². The Balaban J connectivity index is 2.11. The van der Waals surface area contributed by atoms with Gasteiger partial charge in [-0.05, 0) is 39.8 Å². The SMILES string of the molecule is CC(C)N1CCC(N(Cc2nccs2)S(=O)(=O)CCN)CC1. The fraction of sp³-hybridized carbons (Fsp3) is 0.786. The van der Waals surface area contributed by atoms with Crippen molar-refractivity contribution < 1.29 is 8.42 Å². The van der Waals surface area contributed by atoms with E-state index in [1.165, 1.54) is 11.3 Å².